The monoisotopic (exact) mass is 428 g/mol. The second kappa shape index (κ2) is 8.70. The summed E-state index contributed by atoms with van der Waals surface area (Å²) in [4.78, 5) is 50.5. The minimum absolute atomic E-state index is 0.0120. The van der Waals surface area contributed by atoms with Gasteiger partial charge in [-0.1, -0.05) is 27.2 Å². The molecule has 0 unspecified atom stereocenters. The number of H-pyrrole nitrogens is 1. The van der Waals surface area contributed by atoms with Crippen molar-refractivity contribution in [3.8, 4) is 0 Å². The summed E-state index contributed by atoms with van der Waals surface area (Å²) < 4.78 is 2.76. The van der Waals surface area contributed by atoms with Crippen LogP contribution in [-0.2, 0) is 6.54 Å². The number of hydrogen-bond donors (Lipinski definition) is 2. The van der Waals surface area contributed by atoms with Crippen molar-refractivity contribution in [1.82, 2.24) is 29.1 Å². The van der Waals surface area contributed by atoms with E-state index in [1.807, 2.05) is 40.7 Å². The molecule has 0 saturated carbocycles. The number of aromatic nitrogens is 6. The van der Waals surface area contributed by atoms with Crippen LogP contribution in [0.2, 0.25) is 0 Å². The molecule has 3 aromatic heterocycles. The van der Waals surface area contributed by atoms with E-state index in [0.29, 0.717) is 18.7 Å². The SMILES string of the molecule is CCCCn1c(N)c(N(CC(C)C)C(=O)c2nc3nc(C)cc(C)n3n2)c(=O)[nH]c1=O. The van der Waals surface area contributed by atoms with E-state index in [1.165, 1.54) is 14.0 Å². The topological polar surface area (TPSA) is 144 Å². The number of rotatable bonds is 7. The van der Waals surface area contributed by atoms with Crippen molar-refractivity contribution < 1.29 is 4.79 Å². The van der Waals surface area contributed by atoms with Crippen LogP contribution < -0.4 is 21.9 Å². The van der Waals surface area contributed by atoms with E-state index in [9.17, 15) is 14.4 Å². The van der Waals surface area contributed by atoms with Crippen molar-refractivity contribution in [3.05, 3.63) is 44.1 Å². The summed E-state index contributed by atoms with van der Waals surface area (Å²) >= 11 is 0. The van der Waals surface area contributed by atoms with Gasteiger partial charge in [0, 0.05) is 24.5 Å². The number of nitrogen functional groups attached to an aromatic ring is 1. The first-order chi connectivity index (χ1) is 14.6. The lowest BCUT2D eigenvalue weighted by molar-refractivity contribution is 0.0973. The summed E-state index contributed by atoms with van der Waals surface area (Å²) in [7, 11) is 0. The average Bonchev–Trinajstić information content (AvgIpc) is 3.10. The average molecular weight is 428 g/mol. The molecule has 0 radical (unpaired) electrons. The van der Waals surface area contributed by atoms with E-state index >= 15 is 0 Å². The van der Waals surface area contributed by atoms with E-state index in [1.54, 1.807) is 0 Å². The molecular weight excluding hydrogens is 400 g/mol. The van der Waals surface area contributed by atoms with E-state index < -0.39 is 17.2 Å². The van der Waals surface area contributed by atoms with Gasteiger partial charge in [-0.25, -0.2) is 14.3 Å². The standard InChI is InChI=1S/C20H28N8O3/c1-6-7-8-26-15(21)14(17(29)24-20(26)31)27(10-11(2)3)18(30)16-23-19-22-12(4)9-13(5)28(19)25-16/h9,11H,6-8,10,21H2,1-5H3,(H,24,29,31). The Morgan fingerprint density at radius 1 is 1.26 bits per heavy atom. The van der Waals surface area contributed by atoms with Gasteiger partial charge in [-0.15, -0.1) is 5.10 Å². The fraction of sp³-hybridized carbons (Fsp3) is 0.500. The predicted molar refractivity (Wildman–Crippen MR) is 117 cm³/mol. The third kappa shape index (κ3) is 4.35. The largest absolute Gasteiger partial charge is 0.383 e. The second-order valence-electron chi connectivity index (χ2n) is 7.99. The number of hydrogen-bond acceptors (Lipinski definition) is 7. The number of unbranched alkanes of at least 4 members (excludes halogenated alkanes) is 1. The van der Waals surface area contributed by atoms with E-state index in [-0.39, 0.29) is 29.8 Å². The van der Waals surface area contributed by atoms with Crippen molar-refractivity contribution in [2.45, 2.75) is 54.0 Å². The first-order valence-corrected chi connectivity index (χ1v) is 10.3. The fourth-order valence-electron chi connectivity index (χ4n) is 3.39. The number of carbonyl (C=O) groups is 1. The van der Waals surface area contributed by atoms with Gasteiger partial charge in [-0.3, -0.25) is 24.0 Å². The van der Waals surface area contributed by atoms with Crippen LogP contribution in [0.25, 0.3) is 5.78 Å². The van der Waals surface area contributed by atoms with Gasteiger partial charge in [-0.2, -0.15) is 4.98 Å². The molecule has 31 heavy (non-hydrogen) atoms. The Hall–Kier alpha value is -3.50. The van der Waals surface area contributed by atoms with Crippen LogP contribution in [0.3, 0.4) is 0 Å². The van der Waals surface area contributed by atoms with Gasteiger partial charge < -0.3 is 5.73 Å². The normalized spacial score (nSPS) is 11.4. The van der Waals surface area contributed by atoms with Gasteiger partial charge in [0.1, 0.15) is 5.82 Å². The van der Waals surface area contributed by atoms with Crippen molar-refractivity contribution in [1.29, 1.82) is 0 Å². The van der Waals surface area contributed by atoms with Crippen LogP contribution in [0.4, 0.5) is 11.5 Å². The summed E-state index contributed by atoms with van der Waals surface area (Å²) in [5, 5.41) is 4.29. The van der Waals surface area contributed by atoms with Crippen molar-refractivity contribution >= 4 is 23.2 Å². The Bertz CT molecular complexity index is 1240. The van der Waals surface area contributed by atoms with Crippen LogP contribution in [0.1, 0.15) is 55.6 Å². The summed E-state index contributed by atoms with van der Waals surface area (Å²) in [6.07, 6.45) is 1.54. The lowest BCUT2D eigenvalue weighted by Gasteiger charge is -2.25. The number of nitrogens with zero attached hydrogens (tertiary/aromatic N) is 6. The molecule has 0 atom stereocenters. The molecule has 0 aromatic carbocycles. The van der Waals surface area contributed by atoms with Crippen LogP contribution in [0.15, 0.2) is 15.7 Å². The van der Waals surface area contributed by atoms with Crippen molar-refractivity contribution in [2.75, 3.05) is 17.2 Å². The molecule has 0 aliphatic heterocycles. The molecule has 0 bridgehead atoms. The van der Waals surface area contributed by atoms with Gasteiger partial charge in [-0.05, 0) is 32.3 Å². The smallest absolute Gasteiger partial charge is 0.330 e. The number of carbonyl (C=O) groups excluding carboxylic acids is 1. The summed E-state index contributed by atoms with van der Waals surface area (Å²) in [5.74, 6) is -0.440. The highest BCUT2D eigenvalue weighted by Gasteiger charge is 2.29. The molecule has 0 saturated heterocycles. The van der Waals surface area contributed by atoms with Crippen LogP contribution in [-0.4, -0.2) is 41.6 Å². The zero-order chi connectivity index (χ0) is 22.9. The molecule has 11 heteroatoms. The molecule has 166 valence electrons. The van der Waals surface area contributed by atoms with Gasteiger partial charge in [0.15, 0.2) is 5.69 Å². The Labute approximate surface area is 178 Å². The molecule has 1 amide bonds. The zero-order valence-corrected chi connectivity index (χ0v) is 18.5. The molecule has 0 spiro atoms. The third-order valence-electron chi connectivity index (χ3n) is 4.82. The molecule has 3 N–H and O–H groups in total. The summed E-state index contributed by atoms with van der Waals surface area (Å²) in [6, 6.07) is 1.83. The molecular formula is C20H28N8O3. The summed E-state index contributed by atoms with van der Waals surface area (Å²) in [5.41, 5.74) is 6.35. The van der Waals surface area contributed by atoms with Gasteiger partial charge in [0.05, 0.1) is 0 Å². The van der Waals surface area contributed by atoms with Crippen LogP contribution >= 0.6 is 0 Å². The summed E-state index contributed by atoms with van der Waals surface area (Å²) in [6.45, 7) is 9.99. The van der Waals surface area contributed by atoms with Gasteiger partial charge in [0.25, 0.3) is 17.2 Å². The molecule has 0 fully saturated rings. The quantitative estimate of drug-likeness (QED) is 0.576. The zero-order valence-electron chi connectivity index (χ0n) is 18.5. The molecule has 3 heterocycles. The minimum Gasteiger partial charge on any atom is -0.383 e. The molecule has 0 aliphatic rings. The highest BCUT2D eigenvalue weighted by Crippen LogP contribution is 2.21. The Morgan fingerprint density at radius 2 is 1.97 bits per heavy atom. The van der Waals surface area contributed by atoms with Crippen molar-refractivity contribution in [2.24, 2.45) is 5.92 Å². The first-order valence-electron chi connectivity index (χ1n) is 10.3. The Morgan fingerprint density at radius 3 is 2.61 bits per heavy atom. The Kier molecular flexibility index (Phi) is 6.23. The Balaban J connectivity index is 2.15. The lowest BCUT2D eigenvalue weighted by atomic mass is 10.2. The number of fused-ring (bicyclic) bond motifs is 1. The van der Waals surface area contributed by atoms with Gasteiger partial charge in [0.2, 0.25) is 5.82 Å². The fourth-order valence-corrected chi connectivity index (χ4v) is 3.39. The predicted octanol–water partition coefficient (Wildman–Crippen LogP) is 1.28. The number of aryl methyl sites for hydroxylation is 2. The molecule has 3 rings (SSSR count). The molecule has 0 aliphatic carbocycles. The van der Waals surface area contributed by atoms with E-state index in [2.05, 4.69) is 20.1 Å². The van der Waals surface area contributed by atoms with E-state index in [4.69, 9.17) is 5.73 Å². The van der Waals surface area contributed by atoms with Crippen LogP contribution in [0.5, 0.6) is 0 Å². The number of amides is 1. The molecule has 3 aromatic rings. The number of nitrogens with one attached hydrogen (secondary N) is 1. The highest BCUT2D eigenvalue weighted by molar-refractivity contribution is 6.05. The van der Waals surface area contributed by atoms with Crippen molar-refractivity contribution in [3.63, 3.8) is 0 Å². The molecule has 11 nitrogen and oxygen atoms in total. The minimum atomic E-state index is -0.724. The maximum Gasteiger partial charge on any atom is 0.330 e. The second-order valence-corrected chi connectivity index (χ2v) is 7.99. The maximum absolute atomic E-state index is 13.4. The number of aromatic amines is 1. The first kappa shape index (κ1) is 22.2. The van der Waals surface area contributed by atoms with Gasteiger partial charge >= 0.3 is 5.69 Å². The third-order valence-corrected chi connectivity index (χ3v) is 4.82. The number of anilines is 2. The van der Waals surface area contributed by atoms with E-state index in [0.717, 1.165) is 17.8 Å². The maximum atomic E-state index is 13.4. The highest BCUT2D eigenvalue weighted by atomic mass is 16.2. The number of nitrogens with two attached hydrogens (primary N) is 1. The lowest BCUT2D eigenvalue weighted by Crippen LogP contribution is -2.43. The van der Waals surface area contributed by atoms with Crippen LogP contribution in [0, 0.1) is 19.8 Å².